The van der Waals surface area contributed by atoms with Gasteiger partial charge in [-0.15, -0.1) is 0 Å². The Hall–Kier alpha value is -2.21. The minimum absolute atomic E-state index is 0.0382. The first-order valence-corrected chi connectivity index (χ1v) is 7.57. The molecular weight excluding hydrogens is 348 g/mol. The standard InChI is InChI=1S/C16H15BrN2O3/c17-12-6-4-11(5-7-12)2-1-3-15(20)19-14-10-18-9-8-13(14)16(21)22/h4-10H,1-3H2,(H,19,20)(H,21,22). The van der Waals surface area contributed by atoms with Gasteiger partial charge < -0.3 is 10.4 Å². The predicted molar refractivity (Wildman–Crippen MR) is 86.9 cm³/mol. The molecule has 6 heteroatoms. The van der Waals surface area contributed by atoms with Crippen molar-refractivity contribution in [1.82, 2.24) is 4.98 Å². The number of hydrogen-bond donors (Lipinski definition) is 2. The maximum absolute atomic E-state index is 11.9. The van der Waals surface area contributed by atoms with Gasteiger partial charge in [0.25, 0.3) is 0 Å². The van der Waals surface area contributed by atoms with E-state index in [1.165, 1.54) is 18.5 Å². The van der Waals surface area contributed by atoms with Crippen LogP contribution in [0.5, 0.6) is 0 Å². The van der Waals surface area contributed by atoms with Crippen LogP contribution in [0.15, 0.2) is 47.2 Å². The molecule has 0 bridgehead atoms. The fraction of sp³-hybridized carbons (Fsp3) is 0.188. The van der Waals surface area contributed by atoms with E-state index in [2.05, 4.69) is 26.2 Å². The average Bonchev–Trinajstić information content (AvgIpc) is 2.49. The highest BCUT2D eigenvalue weighted by Crippen LogP contribution is 2.15. The Morgan fingerprint density at radius 2 is 1.91 bits per heavy atom. The van der Waals surface area contributed by atoms with Gasteiger partial charge in [-0.2, -0.15) is 0 Å². The first-order chi connectivity index (χ1) is 10.6. The number of carboxylic acids is 1. The van der Waals surface area contributed by atoms with Gasteiger partial charge in [-0.1, -0.05) is 28.1 Å². The number of carboxylic acid groups (broad SMARTS) is 1. The largest absolute Gasteiger partial charge is 0.478 e. The lowest BCUT2D eigenvalue weighted by Gasteiger charge is -2.07. The van der Waals surface area contributed by atoms with Crippen molar-refractivity contribution in [2.75, 3.05) is 5.32 Å². The molecule has 2 N–H and O–H groups in total. The number of nitrogens with zero attached hydrogens (tertiary/aromatic N) is 1. The number of aromatic carboxylic acids is 1. The van der Waals surface area contributed by atoms with Crippen LogP contribution >= 0.6 is 15.9 Å². The summed E-state index contributed by atoms with van der Waals surface area (Å²) in [5, 5.41) is 11.6. The van der Waals surface area contributed by atoms with Crippen molar-refractivity contribution in [2.24, 2.45) is 0 Å². The van der Waals surface area contributed by atoms with Crippen molar-refractivity contribution in [3.8, 4) is 0 Å². The molecule has 0 radical (unpaired) electrons. The molecule has 114 valence electrons. The topological polar surface area (TPSA) is 79.3 Å². The number of aromatic nitrogens is 1. The van der Waals surface area contributed by atoms with Crippen LogP contribution in [-0.4, -0.2) is 22.0 Å². The Morgan fingerprint density at radius 1 is 1.18 bits per heavy atom. The molecule has 5 nitrogen and oxygen atoms in total. The van der Waals surface area contributed by atoms with E-state index >= 15 is 0 Å². The molecule has 22 heavy (non-hydrogen) atoms. The van der Waals surface area contributed by atoms with E-state index < -0.39 is 5.97 Å². The molecule has 0 aliphatic carbocycles. The van der Waals surface area contributed by atoms with Gasteiger partial charge in [-0.05, 0) is 36.6 Å². The molecule has 2 rings (SSSR count). The number of carbonyl (C=O) groups excluding carboxylic acids is 1. The Kier molecular flexibility index (Phi) is 5.66. The van der Waals surface area contributed by atoms with Gasteiger partial charge in [0.1, 0.15) is 0 Å². The Labute approximate surface area is 136 Å². The smallest absolute Gasteiger partial charge is 0.337 e. The molecule has 0 saturated heterocycles. The van der Waals surface area contributed by atoms with E-state index in [-0.39, 0.29) is 17.2 Å². The van der Waals surface area contributed by atoms with E-state index in [4.69, 9.17) is 5.11 Å². The lowest BCUT2D eigenvalue weighted by molar-refractivity contribution is -0.116. The summed E-state index contributed by atoms with van der Waals surface area (Å²) >= 11 is 3.37. The summed E-state index contributed by atoms with van der Waals surface area (Å²) in [7, 11) is 0. The van der Waals surface area contributed by atoms with Crippen LogP contribution in [0.3, 0.4) is 0 Å². The zero-order valence-electron chi connectivity index (χ0n) is 11.8. The molecule has 1 aromatic heterocycles. The minimum atomic E-state index is -1.09. The second-order valence-corrected chi connectivity index (χ2v) is 5.67. The Bertz CT molecular complexity index is 671. The summed E-state index contributed by atoms with van der Waals surface area (Å²) in [6.45, 7) is 0. The van der Waals surface area contributed by atoms with Crippen molar-refractivity contribution < 1.29 is 14.7 Å². The number of halogens is 1. The van der Waals surface area contributed by atoms with Gasteiger partial charge in [0.2, 0.25) is 5.91 Å². The fourth-order valence-electron chi connectivity index (χ4n) is 2.00. The van der Waals surface area contributed by atoms with Crippen LogP contribution in [0.1, 0.15) is 28.8 Å². The summed E-state index contributed by atoms with van der Waals surface area (Å²) in [6, 6.07) is 9.30. The summed E-state index contributed by atoms with van der Waals surface area (Å²) in [4.78, 5) is 26.8. The normalized spacial score (nSPS) is 10.2. The predicted octanol–water partition coefficient (Wildman–Crippen LogP) is 3.50. The first kappa shape index (κ1) is 16.2. The molecule has 0 spiro atoms. The van der Waals surface area contributed by atoms with E-state index in [0.717, 1.165) is 16.5 Å². The monoisotopic (exact) mass is 362 g/mol. The first-order valence-electron chi connectivity index (χ1n) is 6.78. The molecule has 0 fully saturated rings. The van der Waals surface area contributed by atoms with Gasteiger partial charge in [0.05, 0.1) is 17.4 Å². The highest BCUT2D eigenvalue weighted by molar-refractivity contribution is 9.10. The molecule has 1 amide bonds. The zero-order chi connectivity index (χ0) is 15.9. The van der Waals surface area contributed by atoms with Crippen LogP contribution < -0.4 is 5.32 Å². The van der Waals surface area contributed by atoms with Crippen LogP contribution in [0.4, 0.5) is 5.69 Å². The number of hydrogen-bond acceptors (Lipinski definition) is 3. The Morgan fingerprint density at radius 3 is 2.59 bits per heavy atom. The lowest BCUT2D eigenvalue weighted by Crippen LogP contribution is -2.14. The second-order valence-electron chi connectivity index (χ2n) is 4.75. The van der Waals surface area contributed by atoms with Gasteiger partial charge >= 0.3 is 5.97 Å². The third-order valence-electron chi connectivity index (χ3n) is 3.11. The van der Waals surface area contributed by atoms with Crippen LogP contribution in [0, 0.1) is 0 Å². The maximum atomic E-state index is 11.9. The van der Waals surface area contributed by atoms with Crippen LogP contribution in [0.25, 0.3) is 0 Å². The number of pyridine rings is 1. The zero-order valence-corrected chi connectivity index (χ0v) is 13.3. The molecule has 2 aromatic rings. The SMILES string of the molecule is O=C(CCCc1ccc(Br)cc1)Nc1cnccc1C(=O)O. The quantitative estimate of drug-likeness (QED) is 0.823. The van der Waals surface area contributed by atoms with Crippen LogP contribution in [0.2, 0.25) is 0 Å². The second kappa shape index (κ2) is 7.70. The van der Waals surface area contributed by atoms with Crippen molar-refractivity contribution >= 4 is 33.5 Å². The third kappa shape index (κ3) is 4.66. The molecule has 0 aliphatic heterocycles. The number of anilines is 1. The molecule has 0 aliphatic rings. The van der Waals surface area contributed by atoms with Gasteiger partial charge in [-0.3, -0.25) is 9.78 Å². The molecule has 1 heterocycles. The number of nitrogens with one attached hydrogen (secondary N) is 1. The summed E-state index contributed by atoms with van der Waals surface area (Å²) in [5.74, 6) is -1.31. The highest BCUT2D eigenvalue weighted by atomic mass is 79.9. The van der Waals surface area contributed by atoms with Gasteiger partial charge in [-0.25, -0.2) is 4.79 Å². The summed E-state index contributed by atoms with van der Waals surface area (Å²) in [5.41, 5.74) is 1.42. The summed E-state index contributed by atoms with van der Waals surface area (Å²) < 4.78 is 1.02. The highest BCUT2D eigenvalue weighted by Gasteiger charge is 2.12. The van der Waals surface area contributed by atoms with Crippen molar-refractivity contribution in [2.45, 2.75) is 19.3 Å². The van der Waals surface area contributed by atoms with Crippen molar-refractivity contribution in [3.05, 3.63) is 58.3 Å². The molecule has 0 saturated carbocycles. The van der Waals surface area contributed by atoms with E-state index in [9.17, 15) is 9.59 Å². The van der Waals surface area contributed by atoms with Crippen molar-refractivity contribution in [3.63, 3.8) is 0 Å². The van der Waals surface area contributed by atoms with Crippen molar-refractivity contribution in [1.29, 1.82) is 0 Å². The van der Waals surface area contributed by atoms with Crippen LogP contribution in [-0.2, 0) is 11.2 Å². The number of carbonyl (C=O) groups is 2. The van der Waals surface area contributed by atoms with E-state index in [0.29, 0.717) is 12.8 Å². The Balaban J connectivity index is 1.86. The van der Waals surface area contributed by atoms with Gasteiger partial charge in [0.15, 0.2) is 0 Å². The lowest BCUT2D eigenvalue weighted by atomic mass is 10.1. The number of amides is 1. The number of aryl methyl sites for hydroxylation is 1. The maximum Gasteiger partial charge on any atom is 0.337 e. The van der Waals surface area contributed by atoms with E-state index in [1.807, 2.05) is 24.3 Å². The number of rotatable bonds is 6. The molecule has 0 atom stereocenters. The number of benzene rings is 1. The third-order valence-corrected chi connectivity index (χ3v) is 3.64. The summed E-state index contributed by atoms with van der Waals surface area (Å²) in [6.07, 6.45) is 4.53. The average molecular weight is 363 g/mol. The molecule has 1 aromatic carbocycles. The minimum Gasteiger partial charge on any atom is -0.478 e. The fourth-order valence-corrected chi connectivity index (χ4v) is 2.26. The molecular formula is C16H15BrN2O3. The molecule has 0 unspecified atom stereocenters. The van der Waals surface area contributed by atoms with E-state index in [1.54, 1.807) is 0 Å². The van der Waals surface area contributed by atoms with Gasteiger partial charge in [0, 0.05) is 17.1 Å².